The van der Waals surface area contributed by atoms with Crippen LogP contribution in [-0.4, -0.2) is 35.2 Å². The molecule has 1 heterocycles. The topological polar surface area (TPSA) is 67.4 Å². The molecule has 0 spiro atoms. The molecule has 0 aliphatic rings. The Balaban J connectivity index is 2.36. The molecule has 0 unspecified atom stereocenters. The summed E-state index contributed by atoms with van der Waals surface area (Å²) in [4.78, 5) is 1.21. The Morgan fingerprint density at radius 3 is 2.75 bits per heavy atom. The molecular formula is C13H24N2O3S2. The van der Waals surface area contributed by atoms with E-state index in [-0.39, 0.29) is 0 Å². The quantitative estimate of drug-likeness (QED) is 0.612. The Kier molecular flexibility index (Phi) is 8.32. The lowest BCUT2D eigenvalue weighted by Gasteiger charge is -2.08. The first-order valence-electron chi connectivity index (χ1n) is 6.90. The molecule has 2 N–H and O–H groups in total. The largest absolute Gasteiger partial charge is 0.381 e. The van der Waals surface area contributed by atoms with E-state index in [4.69, 9.17) is 4.74 Å². The van der Waals surface area contributed by atoms with Gasteiger partial charge in [0.05, 0.1) is 4.90 Å². The number of thiophene rings is 1. The van der Waals surface area contributed by atoms with Crippen LogP contribution in [0.3, 0.4) is 0 Å². The summed E-state index contributed by atoms with van der Waals surface area (Å²) in [5.41, 5.74) is 0. The van der Waals surface area contributed by atoms with Crippen molar-refractivity contribution in [1.29, 1.82) is 0 Å². The minimum atomic E-state index is -3.40. The molecule has 0 aromatic carbocycles. The van der Waals surface area contributed by atoms with Gasteiger partial charge < -0.3 is 10.1 Å². The van der Waals surface area contributed by atoms with E-state index in [1.165, 1.54) is 11.3 Å². The summed E-state index contributed by atoms with van der Waals surface area (Å²) in [6, 6.07) is 1.65. The average molecular weight is 320 g/mol. The van der Waals surface area contributed by atoms with Gasteiger partial charge in [0.25, 0.3) is 0 Å². The second-order valence-electron chi connectivity index (χ2n) is 4.46. The van der Waals surface area contributed by atoms with E-state index in [1.54, 1.807) is 18.5 Å². The molecule has 0 fully saturated rings. The molecule has 1 rings (SSSR count). The Hall–Kier alpha value is -0.470. The van der Waals surface area contributed by atoms with Crippen LogP contribution >= 0.6 is 11.3 Å². The zero-order valence-electron chi connectivity index (χ0n) is 12.1. The van der Waals surface area contributed by atoms with Gasteiger partial charge in [0.15, 0.2) is 0 Å². The van der Waals surface area contributed by atoms with E-state index in [1.807, 2.05) is 0 Å². The van der Waals surface area contributed by atoms with E-state index < -0.39 is 10.0 Å². The second kappa shape index (κ2) is 9.46. The summed E-state index contributed by atoms with van der Waals surface area (Å²) in [5.74, 6) is 0. The number of hydrogen-bond donors (Lipinski definition) is 2. The molecular weight excluding hydrogens is 296 g/mol. The van der Waals surface area contributed by atoms with Crippen LogP contribution in [0, 0.1) is 0 Å². The van der Waals surface area contributed by atoms with Crippen LogP contribution in [0.5, 0.6) is 0 Å². The number of nitrogens with one attached hydrogen (secondary N) is 2. The van der Waals surface area contributed by atoms with Crippen LogP contribution in [-0.2, 0) is 21.3 Å². The number of rotatable bonds is 11. The van der Waals surface area contributed by atoms with Gasteiger partial charge >= 0.3 is 0 Å². The first kappa shape index (κ1) is 17.6. The van der Waals surface area contributed by atoms with Crippen LogP contribution in [0.4, 0.5) is 0 Å². The highest BCUT2D eigenvalue weighted by Crippen LogP contribution is 2.21. The van der Waals surface area contributed by atoms with Gasteiger partial charge in [-0.15, -0.1) is 11.3 Å². The van der Waals surface area contributed by atoms with Gasteiger partial charge in [-0.3, -0.25) is 0 Å². The molecule has 20 heavy (non-hydrogen) atoms. The van der Waals surface area contributed by atoms with Gasteiger partial charge in [0.1, 0.15) is 0 Å². The monoisotopic (exact) mass is 320 g/mol. The van der Waals surface area contributed by atoms with Crippen molar-refractivity contribution in [2.75, 3.05) is 26.8 Å². The zero-order valence-corrected chi connectivity index (χ0v) is 13.8. The molecule has 1 aromatic heterocycles. The normalized spacial score (nSPS) is 11.9. The molecule has 5 nitrogen and oxygen atoms in total. The summed E-state index contributed by atoms with van der Waals surface area (Å²) >= 11 is 1.45. The van der Waals surface area contributed by atoms with E-state index >= 15 is 0 Å². The van der Waals surface area contributed by atoms with Gasteiger partial charge in [0, 0.05) is 31.2 Å². The first-order chi connectivity index (χ1) is 9.61. The third-order valence-corrected chi connectivity index (χ3v) is 5.33. The average Bonchev–Trinajstić information content (AvgIpc) is 2.87. The van der Waals surface area contributed by atoms with E-state index in [2.05, 4.69) is 17.0 Å². The first-order valence-corrected chi connectivity index (χ1v) is 9.26. The van der Waals surface area contributed by atoms with Crippen molar-refractivity contribution in [3.8, 4) is 0 Å². The molecule has 0 radical (unpaired) electrons. The fourth-order valence-electron chi connectivity index (χ4n) is 1.66. The van der Waals surface area contributed by atoms with Crippen molar-refractivity contribution < 1.29 is 13.2 Å². The standard InChI is InChI=1S/C13H24N2O3S2/c1-3-4-8-18-9-5-7-15-20(16,17)13-6-10-19-12(13)11-14-2/h6,10,14-15H,3-5,7-9,11H2,1-2H3. The van der Waals surface area contributed by atoms with E-state index in [9.17, 15) is 8.42 Å². The minimum absolute atomic E-state index is 0.378. The van der Waals surface area contributed by atoms with Crippen molar-refractivity contribution in [3.05, 3.63) is 16.3 Å². The summed E-state index contributed by atoms with van der Waals surface area (Å²) < 4.78 is 32.3. The fourth-order valence-corrected chi connectivity index (χ4v) is 4.19. The summed E-state index contributed by atoms with van der Waals surface area (Å²) in [5, 5.41) is 4.78. The minimum Gasteiger partial charge on any atom is -0.381 e. The van der Waals surface area contributed by atoms with Crippen LogP contribution in [0.2, 0.25) is 0 Å². The Bertz CT molecular complexity index is 472. The van der Waals surface area contributed by atoms with Crippen molar-refractivity contribution in [2.45, 2.75) is 37.6 Å². The molecule has 0 saturated carbocycles. The van der Waals surface area contributed by atoms with E-state index in [0.29, 0.717) is 31.0 Å². The molecule has 0 saturated heterocycles. The fraction of sp³-hybridized carbons (Fsp3) is 0.692. The van der Waals surface area contributed by atoms with Crippen molar-refractivity contribution in [3.63, 3.8) is 0 Å². The zero-order chi connectivity index (χ0) is 14.8. The van der Waals surface area contributed by atoms with Gasteiger partial charge in [0.2, 0.25) is 10.0 Å². The van der Waals surface area contributed by atoms with Crippen LogP contribution < -0.4 is 10.0 Å². The molecule has 0 bridgehead atoms. The van der Waals surface area contributed by atoms with Gasteiger partial charge in [-0.05, 0) is 31.3 Å². The summed E-state index contributed by atoms with van der Waals surface area (Å²) in [6.45, 7) is 4.42. The number of hydrogen-bond acceptors (Lipinski definition) is 5. The molecule has 7 heteroatoms. The van der Waals surface area contributed by atoms with Crippen molar-refractivity contribution >= 4 is 21.4 Å². The predicted molar refractivity (Wildman–Crippen MR) is 82.6 cm³/mol. The SMILES string of the molecule is CCCCOCCCNS(=O)(=O)c1ccsc1CNC. The van der Waals surface area contributed by atoms with E-state index in [0.717, 1.165) is 24.3 Å². The highest BCUT2D eigenvalue weighted by atomic mass is 32.2. The number of ether oxygens (including phenoxy) is 1. The van der Waals surface area contributed by atoms with Gasteiger partial charge in [-0.1, -0.05) is 13.3 Å². The smallest absolute Gasteiger partial charge is 0.241 e. The maximum atomic E-state index is 12.2. The third-order valence-electron chi connectivity index (χ3n) is 2.73. The molecule has 0 aliphatic heterocycles. The van der Waals surface area contributed by atoms with Crippen LogP contribution in [0.15, 0.2) is 16.3 Å². The highest BCUT2D eigenvalue weighted by molar-refractivity contribution is 7.89. The highest BCUT2D eigenvalue weighted by Gasteiger charge is 2.18. The lowest BCUT2D eigenvalue weighted by Crippen LogP contribution is -2.26. The molecule has 0 atom stereocenters. The maximum absolute atomic E-state index is 12.2. The second-order valence-corrected chi connectivity index (χ2v) is 7.19. The molecule has 0 aliphatic carbocycles. The third kappa shape index (κ3) is 5.88. The van der Waals surface area contributed by atoms with Crippen molar-refractivity contribution in [2.24, 2.45) is 0 Å². The number of unbranched alkanes of at least 4 members (excludes halogenated alkanes) is 1. The lowest BCUT2D eigenvalue weighted by atomic mass is 10.4. The Labute approximate surface area is 125 Å². The summed E-state index contributed by atoms with van der Waals surface area (Å²) in [6.07, 6.45) is 2.85. The van der Waals surface area contributed by atoms with Gasteiger partial charge in [-0.25, -0.2) is 13.1 Å². The lowest BCUT2D eigenvalue weighted by molar-refractivity contribution is 0.130. The van der Waals surface area contributed by atoms with Gasteiger partial charge in [-0.2, -0.15) is 0 Å². The molecule has 1 aromatic rings. The predicted octanol–water partition coefficient (Wildman–Crippen LogP) is 1.95. The van der Waals surface area contributed by atoms with Crippen molar-refractivity contribution in [1.82, 2.24) is 10.0 Å². The Morgan fingerprint density at radius 2 is 2.05 bits per heavy atom. The molecule has 116 valence electrons. The summed E-state index contributed by atoms with van der Waals surface area (Å²) in [7, 11) is -1.60. The van der Waals surface area contributed by atoms with Crippen LogP contribution in [0.1, 0.15) is 31.1 Å². The number of sulfonamides is 1. The van der Waals surface area contributed by atoms with Crippen LogP contribution in [0.25, 0.3) is 0 Å². The maximum Gasteiger partial charge on any atom is 0.241 e. The Morgan fingerprint density at radius 1 is 1.30 bits per heavy atom. The molecule has 0 amide bonds.